The van der Waals surface area contributed by atoms with Gasteiger partial charge in [-0.2, -0.15) is 0 Å². The van der Waals surface area contributed by atoms with E-state index in [1.54, 1.807) is 12.1 Å². The summed E-state index contributed by atoms with van der Waals surface area (Å²) in [7, 11) is 0. The SMILES string of the molecule is CCNc1ccc(C(=O)Oc2c(-c3ccc(O)c(O)c3)oc3cc(O)cc(O)c3c2=O)cc1. The molecule has 168 valence electrons. The molecule has 0 aliphatic carbocycles. The summed E-state index contributed by atoms with van der Waals surface area (Å²) < 4.78 is 11.1. The fraction of sp³-hybridized carbons (Fsp3) is 0.0833. The van der Waals surface area contributed by atoms with Crippen molar-refractivity contribution >= 4 is 22.6 Å². The summed E-state index contributed by atoms with van der Waals surface area (Å²) in [6.45, 7) is 2.63. The number of hydrogen-bond acceptors (Lipinski definition) is 9. The third kappa shape index (κ3) is 4.11. The molecule has 0 amide bonds. The average Bonchev–Trinajstić information content (AvgIpc) is 2.77. The molecule has 0 fully saturated rings. The molecule has 4 aromatic rings. The van der Waals surface area contributed by atoms with E-state index in [4.69, 9.17) is 9.15 Å². The van der Waals surface area contributed by atoms with Crippen LogP contribution in [-0.2, 0) is 0 Å². The van der Waals surface area contributed by atoms with Crippen LogP contribution in [0.1, 0.15) is 17.3 Å². The molecular weight excluding hydrogens is 430 g/mol. The largest absolute Gasteiger partial charge is 0.508 e. The maximum atomic E-state index is 13.2. The molecule has 0 saturated heterocycles. The van der Waals surface area contributed by atoms with E-state index >= 15 is 0 Å². The Kier molecular flexibility index (Phi) is 5.53. The molecule has 1 heterocycles. The molecule has 0 aliphatic heterocycles. The molecular formula is C24H19NO8. The van der Waals surface area contributed by atoms with Crippen molar-refractivity contribution in [1.82, 2.24) is 0 Å². The highest BCUT2D eigenvalue weighted by atomic mass is 16.5. The van der Waals surface area contributed by atoms with E-state index in [1.807, 2.05) is 6.92 Å². The summed E-state index contributed by atoms with van der Waals surface area (Å²) in [4.78, 5) is 26.0. The highest BCUT2D eigenvalue weighted by molar-refractivity contribution is 5.94. The predicted octanol–water partition coefficient (Wildman–Crippen LogP) is 3.93. The van der Waals surface area contributed by atoms with Crippen LogP contribution in [0.4, 0.5) is 5.69 Å². The Morgan fingerprint density at radius 2 is 1.67 bits per heavy atom. The van der Waals surface area contributed by atoms with Gasteiger partial charge in [-0.15, -0.1) is 0 Å². The maximum Gasteiger partial charge on any atom is 0.343 e. The van der Waals surface area contributed by atoms with Crippen LogP contribution >= 0.6 is 0 Å². The van der Waals surface area contributed by atoms with E-state index in [9.17, 15) is 30.0 Å². The molecule has 0 aliphatic rings. The number of aromatic hydroxyl groups is 4. The fourth-order valence-electron chi connectivity index (χ4n) is 3.30. The van der Waals surface area contributed by atoms with Gasteiger partial charge in [-0.05, 0) is 49.4 Å². The summed E-state index contributed by atoms with van der Waals surface area (Å²) in [6, 6.07) is 12.1. The third-order valence-electron chi connectivity index (χ3n) is 4.85. The molecule has 33 heavy (non-hydrogen) atoms. The van der Waals surface area contributed by atoms with Crippen molar-refractivity contribution in [3.63, 3.8) is 0 Å². The number of anilines is 1. The van der Waals surface area contributed by atoms with Gasteiger partial charge < -0.3 is 34.9 Å². The van der Waals surface area contributed by atoms with E-state index in [2.05, 4.69) is 5.32 Å². The van der Waals surface area contributed by atoms with Gasteiger partial charge in [-0.1, -0.05) is 0 Å². The minimum absolute atomic E-state index is 0.109. The molecule has 3 aromatic carbocycles. The second-order valence-electron chi connectivity index (χ2n) is 7.13. The Labute approximate surface area is 186 Å². The number of ether oxygens (including phenoxy) is 1. The Bertz CT molecular complexity index is 1420. The van der Waals surface area contributed by atoms with Gasteiger partial charge >= 0.3 is 5.97 Å². The smallest absolute Gasteiger partial charge is 0.343 e. The fourth-order valence-corrected chi connectivity index (χ4v) is 3.30. The van der Waals surface area contributed by atoms with Gasteiger partial charge in [0, 0.05) is 29.9 Å². The molecule has 4 rings (SSSR count). The first-order valence-electron chi connectivity index (χ1n) is 9.89. The summed E-state index contributed by atoms with van der Waals surface area (Å²) in [6.07, 6.45) is 0. The lowest BCUT2D eigenvalue weighted by Crippen LogP contribution is -2.16. The molecule has 1 aromatic heterocycles. The lowest BCUT2D eigenvalue weighted by molar-refractivity contribution is 0.0731. The zero-order valence-electron chi connectivity index (χ0n) is 17.3. The van der Waals surface area contributed by atoms with Gasteiger partial charge in [-0.25, -0.2) is 4.79 Å². The third-order valence-corrected chi connectivity index (χ3v) is 4.85. The molecule has 9 nitrogen and oxygen atoms in total. The van der Waals surface area contributed by atoms with Crippen LogP contribution in [0.5, 0.6) is 28.7 Å². The van der Waals surface area contributed by atoms with Crippen LogP contribution in [-0.4, -0.2) is 32.9 Å². The van der Waals surface area contributed by atoms with Gasteiger partial charge in [0.05, 0.1) is 5.56 Å². The number of phenolic OH excluding ortho intramolecular Hbond substituents is 4. The molecule has 0 radical (unpaired) electrons. The number of carbonyl (C=O) groups is 1. The Morgan fingerprint density at radius 3 is 2.33 bits per heavy atom. The first-order chi connectivity index (χ1) is 15.8. The maximum absolute atomic E-state index is 13.2. The van der Waals surface area contributed by atoms with Crippen molar-refractivity contribution in [2.75, 3.05) is 11.9 Å². The molecule has 0 spiro atoms. The van der Waals surface area contributed by atoms with Gasteiger partial charge in [0.1, 0.15) is 22.5 Å². The van der Waals surface area contributed by atoms with Crippen molar-refractivity contribution < 1.29 is 34.4 Å². The zero-order chi connectivity index (χ0) is 23.7. The van der Waals surface area contributed by atoms with Crippen molar-refractivity contribution in [2.45, 2.75) is 6.92 Å². The standard InChI is InChI=1S/C24H19NO8/c1-2-25-14-6-3-12(4-7-14)24(31)33-23-21(30)20-18(29)10-15(26)11-19(20)32-22(23)13-5-8-16(27)17(28)9-13/h3-11,25-29H,2H2,1H3. The van der Waals surface area contributed by atoms with Crippen LogP contribution in [0.15, 0.2) is 63.8 Å². The van der Waals surface area contributed by atoms with E-state index in [1.165, 1.54) is 24.3 Å². The van der Waals surface area contributed by atoms with Crippen molar-refractivity contribution in [2.24, 2.45) is 0 Å². The summed E-state index contributed by atoms with van der Waals surface area (Å²) >= 11 is 0. The van der Waals surface area contributed by atoms with Crippen LogP contribution in [0, 0.1) is 0 Å². The highest BCUT2D eigenvalue weighted by Gasteiger charge is 2.24. The second-order valence-corrected chi connectivity index (χ2v) is 7.13. The summed E-state index contributed by atoms with van der Waals surface area (Å²) in [5.41, 5.74) is 0.0241. The van der Waals surface area contributed by atoms with E-state index in [0.717, 1.165) is 23.9 Å². The van der Waals surface area contributed by atoms with E-state index < -0.39 is 34.4 Å². The number of hydrogen-bond donors (Lipinski definition) is 5. The lowest BCUT2D eigenvalue weighted by Gasteiger charge is -2.12. The highest BCUT2D eigenvalue weighted by Crippen LogP contribution is 2.38. The molecule has 0 bridgehead atoms. The topological polar surface area (TPSA) is 149 Å². The molecule has 0 atom stereocenters. The lowest BCUT2D eigenvalue weighted by atomic mass is 10.1. The van der Waals surface area contributed by atoms with E-state index in [-0.39, 0.29) is 33.6 Å². The number of carbonyl (C=O) groups excluding carboxylic acids is 1. The Balaban J connectivity index is 1.87. The second kappa shape index (κ2) is 8.46. The summed E-state index contributed by atoms with van der Waals surface area (Å²) in [5, 5.41) is 42.3. The number of phenols is 4. The normalized spacial score (nSPS) is 10.8. The van der Waals surface area contributed by atoms with Crippen molar-refractivity contribution in [3.05, 3.63) is 70.4 Å². The molecule has 0 saturated carbocycles. The van der Waals surface area contributed by atoms with Crippen molar-refractivity contribution in [1.29, 1.82) is 0 Å². The first kappa shape index (κ1) is 21.6. The quantitative estimate of drug-likeness (QED) is 0.226. The molecule has 0 unspecified atom stereocenters. The van der Waals surface area contributed by atoms with Crippen LogP contribution in [0.2, 0.25) is 0 Å². The monoisotopic (exact) mass is 449 g/mol. The van der Waals surface area contributed by atoms with Gasteiger partial charge in [-0.3, -0.25) is 4.79 Å². The number of benzene rings is 3. The van der Waals surface area contributed by atoms with Gasteiger partial charge in [0.2, 0.25) is 11.2 Å². The van der Waals surface area contributed by atoms with Gasteiger partial charge in [0.25, 0.3) is 0 Å². The van der Waals surface area contributed by atoms with Crippen molar-refractivity contribution in [3.8, 4) is 40.1 Å². The van der Waals surface area contributed by atoms with Crippen LogP contribution in [0.25, 0.3) is 22.3 Å². The van der Waals surface area contributed by atoms with Gasteiger partial charge in [0.15, 0.2) is 17.3 Å². The van der Waals surface area contributed by atoms with Crippen LogP contribution < -0.4 is 15.5 Å². The van der Waals surface area contributed by atoms with E-state index in [0.29, 0.717) is 6.54 Å². The average molecular weight is 449 g/mol. The zero-order valence-corrected chi connectivity index (χ0v) is 17.3. The number of fused-ring (bicyclic) bond motifs is 1. The minimum atomic E-state index is -0.867. The number of nitrogens with one attached hydrogen (secondary N) is 1. The van der Waals surface area contributed by atoms with Crippen LogP contribution in [0.3, 0.4) is 0 Å². The number of esters is 1. The first-order valence-corrected chi connectivity index (χ1v) is 9.89. The Hall–Kier alpha value is -4.66. The Morgan fingerprint density at radius 1 is 0.939 bits per heavy atom. The summed E-state index contributed by atoms with van der Waals surface area (Å²) in [5.74, 6) is -3.45. The number of rotatable bonds is 5. The molecule has 9 heteroatoms. The predicted molar refractivity (Wildman–Crippen MR) is 120 cm³/mol. The molecule has 5 N–H and O–H groups in total. The minimum Gasteiger partial charge on any atom is -0.508 e.